The highest BCUT2D eigenvalue weighted by atomic mass is 16.6. The van der Waals surface area contributed by atoms with Crippen LogP contribution in [0.5, 0.6) is 0 Å². The molecule has 0 radical (unpaired) electrons. The lowest BCUT2D eigenvalue weighted by Gasteiger charge is -2.11. The van der Waals surface area contributed by atoms with E-state index in [1.807, 2.05) is 37.3 Å². The van der Waals surface area contributed by atoms with Gasteiger partial charge in [0, 0.05) is 24.8 Å². The van der Waals surface area contributed by atoms with Crippen molar-refractivity contribution in [2.45, 2.75) is 12.8 Å². The molecule has 2 rings (SSSR count). The van der Waals surface area contributed by atoms with Crippen LogP contribution in [-0.4, -0.2) is 17.4 Å². The molecular weight excluding hydrogens is 292 g/mol. The van der Waals surface area contributed by atoms with E-state index < -0.39 is 4.92 Å². The fraction of sp³-hybridized carbons (Fsp3) is 0.167. The first-order valence-corrected chi connectivity index (χ1v) is 7.31. The van der Waals surface area contributed by atoms with E-state index in [1.165, 1.54) is 18.2 Å². The molecule has 118 valence electrons. The van der Waals surface area contributed by atoms with Gasteiger partial charge in [0.25, 0.3) is 5.69 Å². The van der Waals surface area contributed by atoms with Crippen molar-refractivity contribution in [3.8, 4) is 0 Å². The fourth-order valence-corrected chi connectivity index (χ4v) is 2.13. The van der Waals surface area contributed by atoms with Crippen LogP contribution in [0.1, 0.15) is 24.0 Å². The van der Waals surface area contributed by atoms with E-state index >= 15 is 0 Å². The van der Waals surface area contributed by atoms with Crippen molar-refractivity contribution in [3.63, 3.8) is 0 Å². The normalized spacial score (nSPS) is 12.0. The summed E-state index contributed by atoms with van der Waals surface area (Å²) in [4.78, 5) is 22.1. The molecule has 0 aliphatic heterocycles. The average molecular weight is 310 g/mol. The molecule has 0 aromatic heterocycles. The maximum atomic E-state index is 11.8. The third-order valence-corrected chi connectivity index (χ3v) is 3.46. The standard InChI is InChI=1S/C18H18N2O3/c1-14(16-7-3-2-4-8-16)13-19-18(21)11-10-15-6-5-9-17(12-15)20(22)23/h2-12,14H,13H2,1H3,(H,19,21)/b11-10+/t14-/m0/s1. The van der Waals surface area contributed by atoms with Crippen molar-refractivity contribution in [1.82, 2.24) is 5.32 Å². The summed E-state index contributed by atoms with van der Waals surface area (Å²) < 4.78 is 0. The fourth-order valence-electron chi connectivity index (χ4n) is 2.13. The first kappa shape index (κ1) is 16.4. The summed E-state index contributed by atoms with van der Waals surface area (Å²) in [5.41, 5.74) is 1.78. The molecule has 2 aromatic rings. The maximum Gasteiger partial charge on any atom is 0.270 e. The Labute approximate surface area is 134 Å². The SMILES string of the molecule is C[C@@H](CNC(=O)/C=C/c1cccc([N+](=O)[O-])c1)c1ccccc1. The van der Waals surface area contributed by atoms with Crippen molar-refractivity contribution in [2.75, 3.05) is 6.54 Å². The van der Waals surface area contributed by atoms with E-state index in [1.54, 1.807) is 18.2 Å². The number of carbonyl (C=O) groups excluding carboxylic acids is 1. The van der Waals surface area contributed by atoms with E-state index in [4.69, 9.17) is 0 Å². The lowest BCUT2D eigenvalue weighted by Crippen LogP contribution is -2.25. The molecule has 0 spiro atoms. The van der Waals surface area contributed by atoms with E-state index in [0.29, 0.717) is 12.1 Å². The Balaban J connectivity index is 1.89. The lowest BCUT2D eigenvalue weighted by atomic mass is 10.0. The first-order chi connectivity index (χ1) is 11.1. The molecule has 0 heterocycles. The molecule has 0 aliphatic carbocycles. The second-order valence-electron chi connectivity index (χ2n) is 5.24. The van der Waals surface area contributed by atoms with E-state index in [0.717, 1.165) is 5.56 Å². The smallest absolute Gasteiger partial charge is 0.270 e. The van der Waals surface area contributed by atoms with Gasteiger partial charge in [-0.3, -0.25) is 14.9 Å². The Bertz CT molecular complexity index is 711. The molecule has 0 aliphatic rings. The maximum absolute atomic E-state index is 11.8. The number of nitro benzene ring substituents is 1. The Morgan fingerprint density at radius 2 is 1.96 bits per heavy atom. The summed E-state index contributed by atoms with van der Waals surface area (Å²) in [6.45, 7) is 2.57. The van der Waals surface area contributed by atoms with Crippen LogP contribution in [0.2, 0.25) is 0 Å². The number of nitrogens with zero attached hydrogens (tertiary/aromatic N) is 1. The van der Waals surface area contributed by atoms with E-state index in [9.17, 15) is 14.9 Å². The van der Waals surface area contributed by atoms with Gasteiger partial charge in [0.2, 0.25) is 5.91 Å². The molecular formula is C18H18N2O3. The summed E-state index contributed by atoms with van der Waals surface area (Å²) in [7, 11) is 0. The number of amides is 1. The number of hydrogen-bond acceptors (Lipinski definition) is 3. The topological polar surface area (TPSA) is 72.2 Å². The molecule has 0 saturated carbocycles. The molecule has 1 atom stereocenters. The highest BCUT2D eigenvalue weighted by Crippen LogP contribution is 2.14. The van der Waals surface area contributed by atoms with Crippen molar-refractivity contribution >= 4 is 17.7 Å². The Kier molecular flexibility index (Phi) is 5.63. The lowest BCUT2D eigenvalue weighted by molar-refractivity contribution is -0.384. The van der Waals surface area contributed by atoms with Crippen LogP contribution in [0.25, 0.3) is 6.08 Å². The van der Waals surface area contributed by atoms with Crippen LogP contribution >= 0.6 is 0 Å². The third kappa shape index (κ3) is 5.07. The van der Waals surface area contributed by atoms with Gasteiger partial charge in [0.15, 0.2) is 0 Å². The number of nitro groups is 1. The number of non-ortho nitro benzene ring substituents is 1. The van der Waals surface area contributed by atoms with Crippen LogP contribution in [0, 0.1) is 10.1 Å². The minimum atomic E-state index is -0.459. The van der Waals surface area contributed by atoms with Crippen molar-refractivity contribution in [1.29, 1.82) is 0 Å². The van der Waals surface area contributed by atoms with Crippen molar-refractivity contribution in [3.05, 3.63) is 81.9 Å². The molecule has 0 fully saturated rings. The molecule has 5 nitrogen and oxygen atoms in total. The monoisotopic (exact) mass is 310 g/mol. The average Bonchev–Trinajstić information content (AvgIpc) is 2.58. The van der Waals surface area contributed by atoms with E-state index in [-0.39, 0.29) is 17.5 Å². The minimum Gasteiger partial charge on any atom is -0.352 e. The van der Waals surface area contributed by atoms with Crippen LogP contribution < -0.4 is 5.32 Å². The van der Waals surface area contributed by atoms with E-state index in [2.05, 4.69) is 5.32 Å². The zero-order valence-electron chi connectivity index (χ0n) is 12.8. The number of hydrogen-bond donors (Lipinski definition) is 1. The number of nitrogens with one attached hydrogen (secondary N) is 1. The summed E-state index contributed by atoms with van der Waals surface area (Å²) in [5, 5.41) is 13.5. The number of rotatable bonds is 6. The number of benzene rings is 2. The number of carbonyl (C=O) groups is 1. The third-order valence-electron chi connectivity index (χ3n) is 3.46. The van der Waals surface area contributed by atoms with Gasteiger partial charge in [-0.25, -0.2) is 0 Å². The summed E-state index contributed by atoms with van der Waals surface area (Å²) >= 11 is 0. The van der Waals surface area contributed by atoms with Gasteiger partial charge in [0.05, 0.1) is 4.92 Å². The highest BCUT2D eigenvalue weighted by Gasteiger charge is 2.06. The molecule has 0 unspecified atom stereocenters. The predicted octanol–water partition coefficient (Wildman–Crippen LogP) is 3.53. The highest BCUT2D eigenvalue weighted by molar-refractivity contribution is 5.91. The molecule has 1 N–H and O–H groups in total. The van der Waals surface area contributed by atoms with Crippen LogP contribution in [0.15, 0.2) is 60.7 Å². The van der Waals surface area contributed by atoms with Gasteiger partial charge in [-0.05, 0) is 23.1 Å². The predicted molar refractivity (Wildman–Crippen MR) is 90.0 cm³/mol. The molecule has 23 heavy (non-hydrogen) atoms. The molecule has 2 aromatic carbocycles. The Morgan fingerprint density at radius 1 is 1.22 bits per heavy atom. The molecule has 0 saturated heterocycles. The minimum absolute atomic E-state index is 0.00487. The quantitative estimate of drug-likeness (QED) is 0.504. The van der Waals surface area contributed by atoms with Gasteiger partial charge in [0.1, 0.15) is 0 Å². The zero-order chi connectivity index (χ0) is 16.7. The Hall–Kier alpha value is -2.95. The van der Waals surface area contributed by atoms with Crippen molar-refractivity contribution < 1.29 is 9.72 Å². The molecule has 0 bridgehead atoms. The molecule has 5 heteroatoms. The first-order valence-electron chi connectivity index (χ1n) is 7.31. The summed E-state index contributed by atoms with van der Waals surface area (Å²) in [6, 6.07) is 16.1. The van der Waals surface area contributed by atoms with Crippen LogP contribution in [0.4, 0.5) is 5.69 Å². The largest absolute Gasteiger partial charge is 0.352 e. The Morgan fingerprint density at radius 3 is 2.65 bits per heavy atom. The van der Waals surface area contributed by atoms with Gasteiger partial charge in [-0.1, -0.05) is 49.4 Å². The van der Waals surface area contributed by atoms with Gasteiger partial charge in [-0.2, -0.15) is 0 Å². The van der Waals surface area contributed by atoms with Crippen molar-refractivity contribution in [2.24, 2.45) is 0 Å². The molecule has 1 amide bonds. The van der Waals surface area contributed by atoms with Gasteiger partial charge in [-0.15, -0.1) is 0 Å². The van der Waals surface area contributed by atoms with Crippen LogP contribution in [0.3, 0.4) is 0 Å². The van der Waals surface area contributed by atoms with Crippen LogP contribution in [-0.2, 0) is 4.79 Å². The summed E-state index contributed by atoms with van der Waals surface area (Å²) in [6.07, 6.45) is 2.95. The second-order valence-corrected chi connectivity index (χ2v) is 5.24. The van der Waals surface area contributed by atoms with Gasteiger partial charge < -0.3 is 5.32 Å². The zero-order valence-corrected chi connectivity index (χ0v) is 12.8. The second kappa shape index (κ2) is 7.89. The van der Waals surface area contributed by atoms with Gasteiger partial charge >= 0.3 is 0 Å². The summed E-state index contributed by atoms with van der Waals surface area (Å²) in [5.74, 6) is -0.00866.